The van der Waals surface area contributed by atoms with Crippen LogP contribution in [0.2, 0.25) is 39.3 Å². The van der Waals surface area contributed by atoms with Crippen LogP contribution in [0.4, 0.5) is 4.79 Å². The minimum Gasteiger partial charge on any atom is -0.496 e. The van der Waals surface area contributed by atoms with Gasteiger partial charge in [-0.25, -0.2) is 4.79 Å². The number of urea groups is 1. The van der Waals surface area contributed by atoms with E-state index in [0.717, 1.165) is 10.6 Å². The van der Waals surface area contributed by atoms with E-state index in [9.17, 15) is 4.79 Å². The Morgan fingerprint density at radius 1 is 0.711 bits per heavy atom. The SMILES string of the molecule is COc1cccc(OC)c1P(NC(=O)N(C)C)c1c(OC)cccc1OC.[CH2-][Si](C)(C)C.[CH2-][Si](C)(C)C.[Ni+2]. The number of hydrogen-bond donors (Lipinski definition) is 1. The second-order valence-corrected chi connectivity index (χ2v) is 22.8. The number of ether oxygens (including phenoxy) is 4. The first-order valence-electron chi connectivity index (χ1n) is 11.9. The van der Waals surface area contributed by atoms with Gasteiger partial charge in [0.05, 0.1) is 47.1 Å². The summed E-state index contributed by atoms with van der Waals surface area (Å²) >= 11 is 0. The largest absolute Gasteiger partial charge is 2.00 e. The molecule has 38 heavy (non-hydrogen) atoms. The van der Waals surface area contributed by atoms with Crippen molar-refractivity contribution >= 4 is 40.9 Å². The summed E-state index contributed by atoms with van der Waals surface area (Å²) in [6, 6.07) is 10.7. The maximum absolute atomic E-state index is 12.6. The zero-order valence-electron chi connectivity index (χ0n) is 25.1. The van der Waals surface area contributed by atoms with Crippen molar-refractivity contribution in [3.8, 4) is 23.0 Å². The normalized spacial score (nSPS) is 10.5. The van der Waals surface area contributed by atoms with E-state index in [1.54, 1.807) is 42.5 Å². The van der Waals surface area contributed by atoms with Crippen LogP contribution in [-0.2, 0) is 16.5 Å². The Morgan fingerprint density at radius 2 is 0.947 bits per heavy atom. The number of hydrogen-bond acceptors (Lipinski definition) is 5. The smallest absolute Gasteiger partial charge is 0.496 e. The minimum atomic E-state index is -1.47. The second-order valence-electron chi connectivity index (χ2n) is 10.8. The van der Waals surface area contributed by atoms with Gasteiger partial charge in [-0.05, 0) is 24.3 Å². The molecule has 0 aliphatic rings. The van der Waals surface area contributed by atoms with Crippen LogP contribution >= 0.6 is 8.07 Å². The molecule has 2 rings (SSSR count). The monoisotopic (exact) mass is 624 g/mol. The van der Waals surface area contributed by atoms with Gasteiger partial charge in [0.2, 0.25) is 0 Å². The number of nitrogens with one attached hydrogen (secondary N) is 1. The third kappa shape index (κ3) is 15.0. The molecule has 1 N–H and O–H groups in total. The molecule has 218 valence electrons. The van der Waals surface area contributed by atoms with E-state index in [1.807, 2.05) is 36.4 Å². The van der Waals surface area contributed by atoms with Crippen molar-refractivity contribution < 1.29 is 40.2 Å². The predicted molar refractivity (Wildman–Crippen MR) is 165 cm³/mol. The van der Waals surface area contributed by atoms with Crippen molar-refractivity contribution in [2.75, 3.05) is 42.5 Å². The van der Waals surface area contributed by atoms with Gasteiger partial charge in [-0.1, -0.05) is 51.4 Å². The quantitative estimate of drug-likeness (QED) is 0.242. The summed E-state index contributed by atoms with van der Waals surface area (Å²) in [5.74, 6) is 2.42. The summed E-state index contributed by atoms with van der Waals surface area (Å²) in [4.78, 5) is 14.0. The molecule has 0 radical (unpaired) electrons. The molecule has 11 heteroatoms. The first-order chi connectivity index (χ1) is 17.0. The molecular weight excluding hydrogens is 578 g/mol. The molecule has 0 saturated heterocycles. The van der Waals surface area contributed by atoms with Gasteiger partial charge in [0, 0.05) is 14.1 Å². The summed E-state index contributed by atoms with van der Waals surface area (Å²) in [7, 11) is 6.50. The Kier molecular flexibility index (Phi) is 18.0. The van der Waals surface area contributed by atoms with E-state index >= 15 is 0 Å². The Labute approximate surface area is 244 Å². The van der Waals surface area contributed by atoms with Gasteiger partial charge < -0.3 is 42.0 Å². The summed E-state index contributed by atoms with van der Waals surface area (Å²) < 4.78 is 22.3. The first kappa shape index (κ1) is 38.4. The Balaban J connectivity index is 0. The van der Waals surface area contributed by atoms with Gasteiger partial charge in [0.1, 0.15) is 23.0 Å². The zero-order valence-corrected chi connectivity index (χ0v) is 29.0. The second kappa shape index (κ2) is 17.8. The molecule has 2 aromatic carbocycles. The van der Waals surface area contributed by atoms with Crippen molar-refractivity contribution in [1.29, 1.82) is 0 Å². The molecule has 0 spiro atoms. The van der Waals surface area contributed by atoms with Crippen molar-refractivity contribution in [2.45, 2.75) is 39.3 Å². The van der Waals surface area contributed by atoms with Gasteiger partial charge in [-0.2, -0.15) is 0 Å². The van der Waals surface area contributed by atoms with Gasteiger partial charge >= 0.3 is 22.5 Å². The van der Waals surface area contributed by atoms with Crippen LogP contribution < -0.4 is 34.6 Å². The molecule has 0 atom stereocenters. The van der Waals surface area contributed by atoms with Crippen LogP contribution in [0.1, 0.15) is 0 Å². The van der Waals surface area contributed by atoms with E-state index < -0.39 is 24.2 Å². The number of amides is 2. The molecule has 2 amide bonds. The standard InChI is InChI=1S/C19H25N2O5P.2C4H11Si.Ni/c1-21(2)19(22)20-27(17-13(23-3)9-7-10-14(17)24-4)18-15(25-5)11-8-12-16(18)26-6;2*1-5(2,3)4;/h7-12H,1-6H3,(H,20,22);2*1H2,2-4H3;/q;2*-1;+2. The molecule has 0 saturated carbocycles. The Bertz CT molecular complexity index is 859. The predicted octanol–water partition coefficient (Wildman–Crippen LogP) is 5.73. The van der Waals surface area contributed by atoms with E-state index in [2.05, 4.69) is 57.5 Å². The van der Waals surface area contributed by atoms with Crippen LogP contribution in [-0.4, -0.2) is 69.6 Å². The van der Waals surface area contributed by atoms with E-state index in [-0.39, 0.29) is 22.5 Å². The van der Waals surface area contributed by atoms with E-state index in [0.29, 0.717) is 23.0 Å². The van der Waals surface area contributed by atoms with Crippen LogP contribution in [0.15, 0.2) is 36.4 Å². The Hall–Kier alpha value is -1.73. The van der Waals surface area contributed by atoms with Gasteiger partial charge in [0.15, 0.2) is 0 Å². The zero-order chi connectivity index (χ0) is 29.0. The van der Waals surface area contributed by atoms with Gasteiger partial charge in [-0.15, -0.1) is 16.1 Å². The minimum absolute atomic E-state index is 0. The average Bonchev–Trinajstić information content (AvgIpc) is 2.79. The molecule has 2 aromatic rings. The summed E-state index contributed by atoms with van der Waals surface area (Å²) in [6.45, 7) is 21.1. The van der Waals surface area contributed by atoms with Crippen LogP contribution in [0.3, 0.4) is 0 Å². The Morgan fingerprint density at radius 3 is 1.13 bits per heavy atom. The first-order valence-corrected chi connectivity index (χ1v) is 20.6. The van der Waals surface area contributed by atoms with Crippen molar-refractivity contribution in [2.24, 2.45) is 0 Å². The average molecular weight is 626 g/mol. The maximum atomic E-state index is 12.6. The molecule has 0 unspecified atom stereocenters. The third-order valence-corrected chi connectivity index (χ3v) is 6.06. The molecular formula is C27H47N2NiO5PSi2. The fourth-order valence-corrected chi connectivity index (χ4v) is 4.91. The number of benzene rings is 2. The van der Waals surface area contributed by atoms with Gasteiger partial charge in [0.25, 0.3) is 0 Å². The molecule has 0 bridgehead atoms. The van der Waals surface area contributed by atoms with Gasteiger partial charge in [-0.3, -0.25) is 0 Å². The van der Waals surface area contributed by atoms with E-state index in [1.165, 1.54) is 4.90 Å². The third-order valence-electron chi connectivity index (χ3n) is 3.86. The maximum Gasteiger partial charge on any atom is 2.00 e. The fourth-order valence-electron chi connectivity index (χ4n) is 2.52. The summed E-state index contributed by atoms with van der Waals surface area (Å²) in [5, 5.41) is 4.54. The topological polar surface area (TPSA) is 69.3 Å². The number of carbonyl (C=O) groups excluding carboxylic acids is 1. The molecule has 0 aliphatic heterocycles. The molecule has 0 heterocycles. The van der Waals surface area contributed by atoms with Crippen LogP contribution in [0.5, 0.6) is 23.0 Å². The summed E-state index contributed by atoms with van der Waals surface area (Å²) in [5.41, 5.74) is 0. The molecule has 0 aliphatic carbocycles. The molecule has 0 aromatic heterocycles. The van der Waals surface area contributed by atoms with Crippen molar-refractivity contribution in [3.63, 3.8) is 0 Å². The van der Waals surface area contributed by atoms with E-state index in [4.69, 9.17) is 18.9 Å². The number of nitrogens with zero attached hydrogens (tertiary/aromatic N) is 1. The van der Waals surface area contributed by atoms with Crippen molar-refractivity contribution in [3.05, 3.63) is 49.5 Å². The molecule has 0 fully saturated rings. The number of rotatable bonds is 7. The number of carbonyl (C=O) groups is 1. The fraction of sp³-hybridized carbons (Fsp3) is 0.444. The van der Waals surface area contributed by atoms with Crippen LogP contribution in [0.25, 0.3) is 0 Å². The van der Waals surface area contributed by atoms with Crippen LogP contribution in [0, 0.1) is 13.1 Å². The number of methoxy groups -OCH3 is 4. The molecule has 7 nitrogen and oxygen atoms in total. The van der Waals surface area contributed by atoms with Crippen molar-refractivity contribution in [1.82, 2.24) is 9.99 Å². The summed E-state index contributed by atoms with van der Waals surface area (Å²) in [6.07, 6.45) is 0.